The van der Waals surface area contributed by atoms with Crippen LogP contribution in [0.4, 0.5) is 4.39 Å². The highest BCUT2D eigenvalue weighted by Gasteiger charge is 2.19. The maximum atomic E-state index is 13.5. The maximum absolute atomic E-state index is 13.5. The summed E-state index contributed by atoms with van der Waals surface area (Å²) in [5, 5.41) is 3.20. The lowest BCUT2D eigenvalue weighted by Crippen LogP contribution is -2.17. The number of carbonyl (C=O) groups is 1. The zero-order chi connectivity index (χ0) is 13.0. The number of benzene rings is 1. The molecule has 0 bridgehead atoms. The molecule has 0 atom stereocenters. The van der Waals surface area contributed by atoms with Crippen LogP contribution in [0.3, 0.4) is 0 Å². The summed E-state index contributed by atoms with van der Waals surface area (Å²) in [6, 6.07) is 4.22. The van der Waals surface area contributed by atoms with Gasteiger partial charge in [-0.15, -0.1) is 0 Å². The molecule has 98 valence electrons. The van der Waals surface area contributed by atoms with Crippen LogP contribution in [0.5, 0.6) is 0 Å². The zero-order valence-corrected chi connectivity index (χ0v) is 10.4. The Morgan fingerprint density at radius 3 is 2.89 bits per heavy atom. The van der Waals surface area contributed by atoms with E-state index in [0.29, 0.717) is 17.7 Å². The summed E-state index contributed by atoms with van der Waals surface area (Å²) in [5.41, 5.74) is 6.02. The fraction of sp³-hybridized carbons (Fsp3) is 0.500. The molecule has 1 aliphatic rings. The average molecular weight is 250 g/mol. The van der Waals surface area contributed by atoms with Crippen molar-refractivity contribution >= 4 is 5.91 Å². The van der Waals surface area contributed by atoms with E-state index in [4.69, 9.17) is 5.73 Å². The van der Waals surface area contributed by atoms with Crippen molar-refractivity contribution in [1.29, 1.82) is 0 Å². The van der Waals surface area contributed by atoms with Crippen LogP contribution in [0, 0.1) is 11.7 Å². The molecule has 3 nitrogen and oxygen atoms in total. The molecule has 0 radical (unpaired) electrons. The van der Waals surface area contributed by atoms with Gasteiger partial charge in [0.15, 0.2) is 0 Å². The van der Waals surface area contributed by atoms with E-state index in [0.717, 1.165) is 18.9 Å². The molecule has 0 aliphatic heterocycles. The fourth-order valence-corrected chi connectivity index (χ4v) is 2.01. The van der Waals surface area contributed by atoms with Gasteiger partial charge in [-0.25, -0.2) is 4.39 Å². The van der Waals surface area contributed by atoms with Gasteiger partial charge in [0.25, 0.3) is 0 Å². The Labute approximate surface area is 107 Å². The quantitative estimate of drug-likeness (QED) is 0.729. The van der Waals surface area contributed by atoms with E-state index < -0.39 is 5.91 Å². The summed E-state index contributed by atoms with van der Waals surface area (Å²) >= 11 is 0. The van der Waals surface area contributed by atoms with E-state index in [1.165, 1.54) is 37.5 Å². The molecule has 0 unspecified atom stereocenters. The van der Waals surface area contributed by atoms with E-state index in [9.17, 15) is 9.18 Å². The normalized spacial score (nSPS) is 14.7. The molecule has 1 amide bonds. The van der Waals surface area contributed by atoms with Crippen molar-refractivity contribution in [3.63, 3.8) is 0 Å². The van der Waals surface area contributed by atoms with Crippen molar-refractivity contribution in [2.45, 2.75) is 32.2 Å². The number of halogens is 1. The Morgan fingerprint density at radius 1 is 1.44 bits per heavy atom. The highest BCUT2D eigenvalue weighted by molar-refractivity contribution is 5.92. The molecule has 0 aromatic heterocycles. The van der Waals surface area contributed by atoms with Gasteiger partial charge in [-0.3, -0.25) is 4.79 Å². The Hall–Kier alpha value is -1.42. The largest absolute Gasteiger partial charge is 0.366 e. The molecule has 1 saturated carbocycles. The lowest BCUT2D eigenvalue weighted by Gasteiger charge is -2.07. The number of hydrogen-bond donors (Lipinski definition) is 2. The topological polar surface area (TPSA) is 55.1 Å². The van der Waals surface area contributed by atoms with Gasteiger partial charge >= 0.3 is 0 Å². The van der Waals surface area contributed by atoms with E-state index in [1.807, 2.05) is 0 Å². The summed E-state index contributed by atoms with van der Waals surface area (Å²) in [6.45, 7) is 1.33. The molecule has 1 aliphatic carbocycles. The minimum Gasteiger partial charge on any atom is -0.366 e. The molecule has 1 aromatic rings. The Morgan fingerprint density at radius 2 is 2.22 bits per heavy atom. The summed E-state index contributed by atoms with van der Waals surface area (Å²) in [6.07, 6.45) is 5.13. The van der Waals surface area contributed by atoms with Crippen LogP contribution in [0.2, 0.25) is 0 Å². The van der Waals surface area contributed by atoms with Gasteiger partial charge in [-0.2, -0.15) is 0 Å². The number of primary amides is 1. The van der Waals surface area contributed by atoms with Crippen LogP contribution in [0.1, 0.15) is 41.6 Å². The molecule has 3 N–H and O–H groups in total. The number of nitrogens with two attached hydrogens (primary N) is 1. The third-order valence-electron chi connectivity index (χ3n) is 3.31. The minimum absolute atomic E-state index is 0.297. The summed E-state index contributed by atoms with van der Waals surface area (Å²) < 4.78 is 13.5. The van der Waals surface area contributed by atoms with Gasteiger partial charge in [0.1, 0.15) is 5.82 Å². The molecule has 2 rings (SSSR count). The summed E-state index contributed by atoms with van der Waals surface area (Å²) in [5.74, 6) is 0.112. The third kappa shape index (κ3) is 3.81. The van der Waals surface area contributed by atoms with Crippen LogP contribution in [0.25, 0.3) is 0 Å². The van der Waals surface area contributed by atoms with Crippen LogP contribution < -0.4 is 11.1 Å². The fourth-order valence-electron chi connectivity index (χ4n) is 2.01. The molecular formula is C14H19FN2O. The summed E-state index contributed by atoms with van der Waals surface area (Å²) in [7, 11) is 0. The first-order valence-electron chi connectivity index (χ1n) is 6.46. The average Bonchev–Trinajstić information content (AvgIpc) is 3.14. The van der Waals surface area contributed by atoms with Gasteiger partial charge in [-0.05, 0) is 43.5 Å². The molecule has 18 heavy (non-hydrogen) atoms. The highest BCUT2D eigenvalue weighted by atomic mass is 19.1. The van der Waals surface area contributed by atoms with Crippen molar-refractivity contribution in [3.05, 3.63) is 35.1 Å². The number of hydrogen-bond acceptors (Lipinski definition) is 2. The van der Waals surface area contributed by atoms with Crippen molar-refractivity contribution in [2.75, 3.05) is 6.54 Å². The first-order valence-corrected chi connectivity index (χ1v) is 6.46. The molecule has 0 heterocycles. The van der Waals surface area contributed by atoms with Gasteiger partial charge < -0.3 is 11.1 Å². The van der Waals surface area contributed by atoms with Gasteiger partial charge in [0.2, 0.25) is 5.91 Å². The molecule has 1 fully saturated rings. The van der Waals surface area contributed by atoms with Gasteiger partial charge in [0, 0.05) is 17.7 Å². The van der Waals surface area contributed by atoms with Crippen molar-refractivity contribution in [2.24, 2.45) is 11.7 Å². The van der Waals surface area contributed by atoms with E-state index in [1.54, 1.807) is 0 Å². The smallest absolute Gasteiger partial charge is 0.248 e. The minimum atomic E-state index is -0.523. The van der Waals surface area contributed by atoms with Gasteiger partial charge in [-0.1, -0.05) is 12.8 Å². The second kappa shape index (κ2) is 5.96. The van der Waals surface area contributed by atoms with Crippen LogP contribution in [0.15, 0.2) is 18.2 Å². The molecule has 0 saturated heterocycles. The molecular weight excluding hydrogens is 231 g/mol. The molecule has 4 heteroatoms. The third-order valence-corrected chi connectivity index (χ3v) is 3.31. The SMILES string of the molecule is NC(=O)c1ccc(F)c(CNCCCC2CC2)c1. The van der Waals surface area contributed by atoms with E-state index in [2.05, 4.69) is 5.32 Å². The number of amides is 1. The number of carbonyl (C=O) groups excluding carboxylic acids is 1. The van der Waals surface area contributed by atoms with E-state index >= 15 is 0 Å². The van der Waals surface area contributed by atoms with Crippen LogP contribution >= 0.6 is 0 Å². The second-order valence-electron chi connectivity index (χ2n) is 4.93. The monoisotopic (exact) mass is 250 g/mol. The van der Waals surface area contributed by atoms with Crippen LogP contribution in [-0.4, -0.2) is 12.5 Å². The highest BCUT2D eigenvalue weighted by Crippen LogP contribution is 2.33. The van der Waals surface area contributed by atoms with Gasteiger partial charge in [0.05, 0.1) is 0 Å². The van der Waals surface area contributed by atoms with E-state index in [-0.39, 0.29) is 5.82 Å². The first kappa shape index (κ1) is 13.0. The second-order valence-corrected chi connectivity index (χ2v) is 4.93. The predicted octanol–water partition coefficient (Wildman–Crippen LogP) is 2.20. The number of nitrogens with one attached hydrogen (secondary N) is 1. The van der Waals surface area contributed by atoms with Crippen LogP contribution in [-0.2, 0) is 6.54 Å². The van der Waals surface area contributed by atoms with Crippen molar-refractivity contribution < 1.29 is 9.18 Å². The summed E-state index contributed by atoms with van der Waals surface area (Å²) in [4.78, 5) is 11.0. The molecule has 0 spiro atoms. The predicted molar refractivity (Wildman–Crippen MR) is 68.6 cm³/mol. The standard InChI is InChI=1S/C14H19FN2O/c15-13-6-5-11(14(16)18)8-12(13)9-17-7-1-2-10-3-4-10/h5-6,8,10,17H,1-4,7,9H2,(H2,16,18). The van der Waals surface area contributed by atoms with Crippen molar-refractivity contribution in [3.8, 4) is 0 Å². The lowest BCUT2D eigenvalue weighted by atomic mass is 10.1. The Balaban J connectivity index is 1.79. The lowest BCUT2D eigenvalue weighted by molar-refractivity contribution is 0.1000. The number of rotatable bonds is 7. The molecule has 1 aromatic carbocycles. The zero-order valence-electron chi connectivity index (χ0n) is 10.4. The first-order chi connectivity index (χ1) is 8.66. The maximum Gasteiger partial charge on any atom is 0.248 e. The Kier molecular flexibility index (Phi) is 4.31. The van der Waals surface area contributed by atoms with Crippen molar-refractivity contribution in [1.82, 2.24) is 5.32 Å². The Bertz CT molecular complexity index is 430.